The first-order valence-electron chi connectivity index (χ1n) is 5.06. The van der Waals surface area contributed by atoms with E-state index in [2.05, 4.69) is 29.0 Å². The molecule has 0 atom stereocenters. The zero-order valence-electron chi connectivity index (χ0n) is 9.20. The Labute approximate surface area is 86.0 Å². The lowest BCUT2D eigenvalue weighted by Crippen LogP contribution is -1.90. The SMILES string of the molecule is CC.CC(C)c1cc2[nH]ncc2cn1.[HH]. The minimum atomic E-state index is 0. The molecule has 0 spiro atoms. The molecule has 14 heavy (non-hydrogen) atoms. The highest BCUT2D eigenvalue weighted by Gasteiger charge is 2.02. The topological polar surface area (TPSA) is 41.6 Å². The first kappa shape index (κ1) is 10.7. The molecule has 0 radical (unpaired) electrons. The van der Waals surface area contributed by atoms with E-state index in [9.17, 15) is 0 Å². The summed E-state index contributed by atoms with van der Waals surface area (Å²) < 4.78 is 0. The van der Waals surface area contributed by atoms with Gasteiger partial charge in [0.25, 0.3) is 0 Å². The monoisotopic (exact) mass is 193 g/mol. The first-order valence-corrected chi connectivity index (χ1v) is 5.06. The molecule has 1 N–H and O–H groups in total. The molecule has 3 nitrogen and oxygen atoms in total. The quantitative estimate of drug-likeness (QED) is 0.754. The molecule has 0 aromatic carbocycles. The fourth-order valence-electron chi connectivity index (χ4n) is 1.17. The van der Waals surface area contributed by atoms with Gasteiger partial charge in [-0.15, -0.1) is 0 Å². The van der Waals surface area contributed by atoms with Gasteiger partial charge in [-0.3, -0.25) is 10.1 Å². The molecule has 2 aromatic heterocycles. The molecule has 0 saturated carbocycles. The summed E-state index contributed by atoms with van der Waals surface area (Å²) in [6, 6.07) is 2.05. The van der Waals surface area contributed by atoms with Crippen LogP contribution in [0.25, 0.3) is 10.9 Å². The van der Waals surface area contributed by atoms with Gasteiger partial charge in [0, 0.05) is 18.7 Å². The van der Waals surface area contributed by atoms with Gasteiger partial charge in [0.05, 0.1) is 11.7 Å². The standard InChI is InChI=1S/C9H11N3.C2H6.H2/c1-6(2)8-3-9-7(4-10-8)5-11-12-9;1-2;/h3-6H,1-2H3,(H,11,12);1-2H3;1H. The maximum atomic E-state index is 4.32. The van der Waals surface area contributed by atoms with E-state index in [1.165, 1.54) is 0 Å². The molecular weight excluding hydrogens is 174 g/mol. The summed E-state index contributed by atoms with van der Waals surface area (Å²) in [5, 5.41) is 7.93. The molecule has 0 saturated heterocycles. The van der Waals surface area contributed by atoms with Gasteiger partial charge in [-0.05, 0) is 12.0 Å². The normalized spacial score (nSPS) is 10.1. The largest absolute Gasteiger partial charge is 0.278 e. The fraction of sp³-hybridized carbons (Fsp3) is 0.455. The Balaban J connectivity index is 0.000000617. The number of pyridine rings is 1. The summed E-state index contributed by atoms with van der Waals surface area (Å²) in [7, 11) is 0. The maximum absolute atomic E-state index is 4.32. The van der Waals surface area contributed by atoms with Crippen LogP contribution in [0.3, 0.4) is 0 Å². The van der Waals surface area contributed by atoms with Gasteiger partial charge in [-0.2, -0.15) is 5.10 Å². The Bertz CT molecular complexity index is 395. The Morgan fingerprint density at radius 3 is 2.64 bits per heavy atom. The van der Waals surface area contributed by atoms with Crippen LogP contribution in [0, 0.1) is 0 Å². The third-order valence-corrected chi connectivity index (χ3v) is 1.94. The highest BCUT2D eigenvalue weighted by atomic mass is 15.1. The van der Waals surface area contributed by atoms with E-state index in [0.29, 0.717) is 5.92 Å². The van der Waals surface area contributed by atoms with E-state index in [-0.39, 0.29) is 1.43 Å². The number of rotatable bonds is 1. The van der Waals surface area contributed by atoms with Crippen LogP contribution in [0.15, 0.2) is 18.5 Å². The van der Waals surface area contributed by atoms with Crippen LogP contribution in [0.5, 0.6) is 0 Å². The molecular formula is C11H19N3. The van der Waals surface area contributed by atoms with Gasteiger partial charge >= 0.3 is 0 Å². The minimum absolute atomic E-state index is 0. The lowest BCUT2D eigenvalue weighted by atomic mass is 10.1. The number of nitrogens with zero attached hydrogens (tertiary/aromatic N) is 2. The van der Waals surface area contributed by atoms with Gasteiger partial charge in [0.2, 0.25) is 0 Å². The Kier molecular flexibility index (Phi) is 3.63. The number of H-pyrrole nitrogens is 1. The van der Waals surface area contributed by atoms with Crippen LogP contribution in [-0.4, -0.2) is 15.2 Å². The number of aromatic amines is 1. The van der Waals surface area contributed by atoms with Crippen LogP contribution in [0.1, 0.15) is 40.7 Å². The molecule has 2 aromatic rings. The second-order valence-electron chi connectivity index (χ2n) is 3.22. The molecule has 78 valence electrons. The summed E-state index contributed by atoms with van der Waals surface area (Å²) in [6.07, 6.45) is 3.64. The average Bonchev–Trinajstić information content (AvgIpc) is 2.67. The van der Waals surface area contributed by atoms with E-state index in [1.54, 1.807) is 6.20 Å². The highest BCUT2D eigenvalue weighted by molar-refractivity contribution is 5.76. The van der Waals surface area contributed by atoms with Crippen LogP contribution in [0.2, 0.25) is 0 Å². The Morgan fingerprint density at radius 2 is 2.00 bits per heavy atom. The fourth-order valence-corrected chi connectivity index (χ4v) is 1.17. The van der Waals surface area contributed by atoms with Crippen molar-refractivity contribution >= 4 is 10.9 Å². The zero-order valence-corrected chi connectivity index (χ0v) is 9.20. The molecule has 2 rings (SSSR count). The number of hydrogen-bond donors (Lipinski definition) is 1. The van der Waals surface area contributed by atoms with Gasteiger partial charge in [-0.1, -0.05) is 27.7 Å². The summed E-state index contributed by atoms with van der Waals surface area (Å²) in [5.74, 6) is 0.470. The zero-order chi connectivity index (χ0) is 10.6. The summed E-state index contributed by atoms with van der Waals surface area (Å²) >= 11 is 0. The molecule has 0 aliphatic carbocycles. The van der Waals surface area contributed by atoms with Crippen molar-refractivity contribution in [2.75, 3.05) is 0 Å². The van der Waals surface area contributed by atoms with Gasteiger partial charge in [0.15, 0.2) is 0 Å². The predicted molar refractivity (Wildman–Crippen MR) is 61.4 cm³/mol. The van der Waals surface area contributed by atoms with E-state index in [4.69, 9.17) is 0 Å². The highest BCUT2D eigenvalue weighted by Crippen LogP contribution is 2.15. The summed E-state index contributed by atoms with van der Waals surface area (Å²) in [6.45, 7) is 8.26. The number of hydrogen-bond acceptors (Lipinski definition) is 2. The Hall–Kier alpha value is -1.38. The second-order valence-corrected chi connectivity index (χ2v) is 3.22. The Morgan fingerprint density at radius 1 is 1.29 bits per heavy atom. The second kappa shape index (κ2) is 4.74. The van der Waals surface area contributed by atoms with E-state index in [0.717, 1.165) is 16.6 Å². The number of nitrogens with one attached hydrogen (secondary N) is 1. The molecule has 0 fully saturated rings. The molecule has 0 aliphatic rings. The molecule has 0 bridgehead atoms. The molecule has 3 heteroatoms. The average molecular weight is 193 g/mol. The van der Waals surface area contributed by atoms with E-state index in [1.807, 2.05) is 26.1 Å². The third kappa shape index (κ3) is 2.10. The third-order valence-electron chi connectivity index (χ3n) is 1.94. The maximum Gasteiger partial charge on any atom is 0.0684 e. The molecule has 0 aliphatic heterocycles. The van der Waals surface area contributed by atoms with Gasteiger partial charge in [-0.25, -0.2) is 0 Å². The lowest BCUT2D eigenvalue weighted by molar-refractivity contribution is 0.826. The molecule has 2 heterocycles. The van der Waals surface area contributed by atoms with Crippen LogP contribution >= 0.6 is 0 Å². The van der Waals surface area contributed by atoms with Crippen molar-refractivity contribution in [2.45, 2.75) is 33.6 Å². The minimum Gasteiger partial charge on any atom is -0.278 e. The summed E-state index contributed by atoms with van der Waals surface area (Å²) in [4.78, 5) is 4.32. The van der Waals surface area contributed by atoms with Crippen LogP contribution < -0.4 is 0 Å². The first-order chi connectivity index (χ1) is 6.77. The van der Waals surface area contributed by atoms with Crippen molar-refractivity contribution in [2.24, 2.45) is 0 Å². The van der Waals surface area contributed by atoms with Crippen molar-refractivity contribution in [1.29, 1.82) is 0 Å². The number of fused-ring (bicyclic) bond motifs is 1. The van der Waals surface area contributed by atoms with Crippen LogP contribution in [-0.2, 0) is 0 Å². The predicted octanol–water partition coefficient (Wildman–Crippen LogP) is 3.35. The molecule has 0 amide bonds. The van der Waals surface area contributed by atoms with Gasteiger partial charge in [0.1, 0.15) is 0 Å². The molecule has 0 unspecified atom stereocenters. The van der Waals surface area contributed by atoms with Crippen molar-refractivity contribution in [3.63, 3.8) is 0 Å². The van der Waals surface area contributed by atoms with Crippen molar-refractivity contribution in [3.8, 4) is 0 Å². The van der Waals surface area contributed by atoms with Crippen molar-refractivity contribution in [3.05, 3.63) is 24.2 Å². The van der Waals surface area contributed by atoms with Crippen molar-refractivity contribution < 1.29 is 1.43 Å². The summed E-state index contributed by atoms with van der Waals surface area (Å²) in [5.41, 5.74) is 2.17. The lowest BCUT2D eigenvalue weighted by Gasteiger charge is -2.02. The van der Waals surface area contributed by atoms with Crippen LogP contribution in [0.4, 0.5) is 0 Å². The van der Waals surface area contributed by atoms with Gasteiger partial charge < -0.3 is 0 Å². The van der Waals surface area contributed by atoms with E-state index < -0.39 is 0 Å². The van der Waals surface area contributed by atoms with E-state index >= 15 is 0 Å². The number of aromatic nitrogens is 3. The smallest absolute Gasteiger partial charge is 0.0684 e. The van der Waals surface area contributed by atoms with Crippen molar-refractivity contribution in [1.82, 2.24) is 15.2 Å².